The molecule has 0 unspecified atom stereocenters. The minimum absolute atomic E-state index is 0.0479. The first-order chi connectivity index (χ1) is 14.5. The predicted octanol–water partition coefficient (Wildman–Crippen LogP) is 2.69. The van der Waals surface area contributed by atoms with E-state index < -0.39 is 15.4 Å². The third kappa shape index (κ3) is 5.30. The van der Waals surface area contributed by atoms with Gasteiger partial charge in [-0.05, 0) is 43.9 Å². The Kier molecular flexibility index (Phi) is 7.69. The molecule has 1 saturated heterocycles. The van der Waals surface area contributed by atoms with Gasteiger partial charge in [-0.1, -0.05) is 30.3 Å². The summed E-state index contributed by atoms with van der Waals surface area (Å²) in [4.78, 5) is 13.2. The van der Waals surface area contributed by atoms with Crippen LogP contribution in [0.15, 0.2) is 53.1 Å². The molecule has 3 rings (SSSR count). The van der Waals surface area contributed by atoms with Crippen LogP contribution in [0.1, 0.15) is 37.5 Å². The molecule has 1 fully saturated rings. The number of benzene rings is 1. The fourth-order valence-corrected chi connectivity index (χ4v) is 4.95. The highest BCUT2D eigenvalue weighted by atomic mass is 32.2. The summed E-state index contributed by atoms with van der Waals surface area (Å²) < 4.78 is 36.8. The molecule has 1 aliphatic heterocycles. The zero-order valence-electron chi connectivity index (χ0n) is 17.4. The number of hydrogen-bond donors (Lipinski definition) is 1. The molecule has 0 atom stereocenters. The molecule has 1 aliphatic rings. The van der Waals surface area contributed by atoms with E-state index in [1.807, 2.05) is 42.5 Å². The summed E-state index contributed by atoms with van der Waals surface area (Å²) in [6.45, 7) is 3.78. The van der Waals surface area contributed by atoms with Crippen molar-refractivity contribution in [1.82, 2.24) is 9.62 Å². The van der Waals surface area contributed by atoms with Crippen LogP contribution in [0, 0.1) is 0 Å². The molecule has 164 valence electrons. The summed E-state index contributed by atoms with van der Waals surface area (Å²) in [6, 6.07) is 13.3. The minimum atomic E-state index is -3.25. The lowest BCUT2D eigenvalue weighted by atomic mass is 9.72. The van der Waals surface area contributed by atoms with Crippen molar-refractivity contribution in [3.05, 3.63) is 60.1 Å². The Labute approximate surface area is 178 Å². The molecule has 2 aromatic rings. The van der Waals surface area contributed by atoms with Crippen LogP contribution in [-0.2, 0) is 31.6 Å². The minimum Gasteiger partial charge on any atom is -0.467 e. The highest BCUT2D eigenvalue weighted by Gasteiger charge is 2.44. The monoisotopic (exact) mass is 434 g/mol. The molecule has 1 aromatic carbocycles. The van der Waals surface area contributed by atoms with Gasteiger partial charge in [0.1, 0.15) is 12.4 Å². The lowest BCUT2D eigenvalue weighted by molar-refractivity contribution is -0.128. The van der Waals surface area contributed by atoms with E-state index in [0.29, 0.717) is 52.1 Å². The number of nitrogens with zero attached hydrogens (tertiary/aromatic N) is 1. The van der Waals surface area contributed by atoms with Gasteiger partial charge in [-0.2, -0.15) is 0 Å². The largest absolute Gasteiger partial charge is 0.467 e. The highest BCUT2D eigenvalue weighted by Crippen LogP contribution is 2.36. The Morgan fingerprint density at radius 1 is 1.17 bits per heavy atom. The number of carbonyl (C=O) groups is 1. The first kappa shape index (κ1) is 22.5. The van der Waals surface area contributed by atoms with Crippen LogP contribution in [0.3, 0.4) is 0 Å². The highest BCUT2D eigenvalue weighted by molar-refractivity contribution is 7.89. The van der Waals surface area contributed by atoms with E-state index in [1.165, 1.54) is 4.31 Å². The van der Waals surface area contributed by atoms with E-state index in [0.717, 1.165) is 11.3 Å². The third-order valence-corrected chi connectivity index (χ3v) is 7.55. The Morgan fingerprint density at radius 3 is 2.53 bits per heavy atom. The van der Waals surface area contributed by atoms with Crippen LogP contribution in [0.2, 0.25) is 0 Å². The van der Waals surface area contributed by atoms with Gasteiger partial charge in [0.2, 0.25) is 15.9 Å². The van der Waals surface area contributed by atoms with Gasteiger partial charge in [0, 0.05) is 26.2 Å². The SMILES string of the molecule is CCS(=O)(=O)N1CCC(C(=O)NCCCOCc2ccco2)(c2ccccc2)CC1. The van der Waals surface area contributed by atoms with Crippen LogP contribution in [0.5, 0.6) is 0 Å². The molecule has 0 spiro atoms. The lowest BCUT2D eigenvalue weighted by Gasteiger charge is -2.40. The summed E-state index contributed by atoms with van der Waals surface area (Å²) >= 11 is 0. The van der Waals surface area contributed by atoms with Crippen molar-refractivity contribution in [2.75, 3.05) is 32.0 Å². The second-order valence-electron chi connectivity index (χ2n) is 7.49. The average Bonchev–Trinajstić information content (AvgIpc) is 3.30. The van der Waals surface area contributed by atoms with E-state index in [4.69, 9.17) is 9.15 Å². The van der Waals surface area contributed by atoms with Gasteiger partial charge in [0.25, 0.3) is 0 Å². The van der Waals surface area contributed by atoms with Crippen molar-refractivity contribution in [3.63, 3.8) is 0 Å². The smallest absolute Gasteiger partial charge is 0.230 e. The van der Waals surface area contributed by atoms with E-state index in [9.17, 15) is 13.2 Å². The number of piperidine rings is 1. The van der Waals surface area contributed by atoms with Gasteiger partial charge in [0.15, 0.2) is 0 Å². The number of hydrogen-bond acceptors (Lipinski definition) is 5. The summed E-state index contributed by atoms with van der Waals surface area (Å²) in [7, 11) is -3.25. The average molecular weight is 435 g/mol. The molecule has 0 saturated carbocycles. The molecular weight excluding hydrogens is 404 g/mol. The van der Waals surface area contributed by atoms with Crippen molar-refractivity contribution >= 4 is 15.9 Å². The Balaban J connectivity index is 1.57. The number of nitrogens with one attached hydrogen (secondary N) is 1. The molecule has 1 aromatic heterocycles. The summed E-state index contributed by atoms with van der Waals surface area (Å²) in [5.41, 5.74) is 0.223. The van der Waals surface area contributed by atoms with Crippen LogP contribution in [0.25, 0.3) is 0 Å². The fraction of sp³-hybridized carbons (Fsp3) is 0.500. The standard InChI is InChI=1S/C22H30N2O5S/c1-2-30(26,27)24-14-11-22(12-15-24,19-8-4-3-5-9-19)21(25)23-13-7-16-28-18-20-10-6-17-29-20/h3-6,8-10,17H,2,7,11-16,18H2,1H3,(H,23,25). The first-order valence-electron chi connectivity index (χ1n) is 10.4. The van der Waals surface area contributed by atoms with Crippen molar-refractivity contribution in [2.24, 2.45) is 0 Å². The molecule has 0 aliphatic carbocycles. The molecule has 0 radical (unpaired) electrons. The van der Waals surface area contributed by atoms with Crippen molar-refractivity contribution in [2.45, 2.75) is 38.2 Å². The molecule has 30 heavy (non-hydrogen) atoms. The molecule has 7 nitrogen and oxygen atoms in total. The maximum Gasteiger partial charge on any atom is 0.230 e. The van der Waals surface area contributed by atoms with Gasteiger partial charge >= 0.3 is 0 Å². The zero-order valence-corrected chi connectivity index (χ0v) is 18.2. The van der Waals surface area contributed by atoms with Crippen LogP contribution >= 0.6 is 0 Å². The van der Waals surface area contributed by atoms with E-state index in [1.54, 1.807) is 13.2 Å². The number of amides is 1. The summed E-state index contributed by atoms with van der Waals surface area (Å²) in [5, 5.41) is 3.04. The number of ether oxygens (including phenoxy) is 1. The second-order valence-corrected chi connectivity index (χ2v) is 9.75. The topological polar surface area (TPSA) is 88.9 Å². The van der Waals surface area contributed by atoms with Crippen molar-refractivity contribution < 1.29 is 22.4 Å². The Bertz CT molecular complexity index is 889. The van der Waals surface area contributed by atoms with Gasteiger partial charge in [-0.15, -0.1) is 0 Å². The number of furan rings is 1. The molecule has 2 heterocycles. The van der Waals surface area contributed by atoms with Crippen LogP contribution < -0.4 is 5.32 Å². The van der Waals surface area contributed by atoms with Gasteiger partial charge < -0.3 is 14.5 Å². The van der Waals surface area contributed by atoms with E-state index >= 15 is 0 Å². The quantitative estimate of drug-likeness (QED) is 0.581. The maximum absolute atomic E-state index is 13.2. The Morgan fingerprint density at radius 2 is 1.90 bits per heavy atom. The van der Waals surface area contributed by atoms with Crippen molar-refractivity contribution in [1.29, 1.82) is 0 Å². The molecular formula is C22H30N2O5S. The Hall–Kier alpha value is -2.16. The van der Waals surface area contributed by atoms with E-state index in [-0.39, 0.29) is 11.7 Å². The molecule has 8 heteroatoms. The molecule has 1 amide bonds. The lowest BCUT2D eigenvalue weighted by Crippen LogP contribution is -2.53. The molecule has 0 bridgehead atoms. The molecule has 1 N–H and O–H groups in total. The van der Waals surface area contributed by atoms with Crippen LogP contribution in [0.4, 0.5) is 0 Å². The third-order valence-electron chi connectivity index (χ3n) is 5.67. The van der Waals surface area contributed by atoms with Gasteiger partial charge in [-0.3, -0.25) is 4.79 Å². The van der Waals surface area contributed by atoms with Crippen molar-refractivity contribution in [3.8, 4) is 0 Å². The maximum atomic E-state index is 13.2. The van der Waals surface area contributed by atoms with Gasteiger partial charge in [-0.25, -0.2) is 12.7 Å². The zero-order chi connectivity index (χ0) is 21.5. The second kappa shape index (κ2) is 10.2. The summed E-state index contributed by atoms with van der Waals surface area (Å²) in [6.07, 6.45) is 3.24. The number of rotatable bonds is 10. The first-order valence-corrected chi connectivity index (χ1v) is 12.0. The van der Waals surface area contributed by atoms with Gasteiger partial charge in [0.05, 0.1) is 17.4 Å². The van der Waals surface area contributed by atoms with Crippen LogP contribution in [-0.4, -0.2) is 50.6 Å². The summed E-state index contributed by atoms with van der Waals surface area (Å²) in [5.74, 6) is 0.805. The van der Waals surface area contributed by atoms with E-state index in [2.05, 4.69) is 5.32 Å². The fourth-order valence-electron chi connectivity index (χ4n) is 3.85. The number of carbonyl (C=O) groups excluding carboxylic acids is 1. The predicted molar refractivity (Wildman–Crippen MR) is 114 cm³/mol. The number of sulfonamides is 1. The normalized spacial score (nSPS) is 17.0.